The lowest BCUT2D eigenvalue weighted by Gasteiger charge is -2.29. The second-order valence-electron chi connectivity index (χ2n) is 5.78. The van der Waals surface area contributed by atoms with Crippen LogP contribution in [0.3, 0.4) is 0 Å². The van der Waals surface area contributed by atoms with Gasteiger partial charge in [-0.25, -0.2) is 0 Å². The van der Waals surface area contributed by atoms with E-state index < -0.39 is 5.41 Å². The second kappa shape index (κ2) is 8.99. The van der Waals surface area contributed by atoms with Crippen molar-refractivity contribution in [2.45, 2.75) is 26.3 Å². The molecule has 1 aliphatic rings. The summed E-state index contributed by atoms with van der Waals surface area (Å²) in [6.07, 6.45) is 15.9. The second-order valence-corrected chi connectivity index (χ2v) is 5.78. The van der Waals surface area contributed by atoms with E-state index in [2.05, 4.69) is 37.7 Å². The van der Waals surface area contributed by atoms with Crippen LogP contribution in [0.1, 0.15) is 20.3 Å². The van der Waals surface area contributed by atoms with Crippen molar-refractivity contribution >= 4 is 0 Å². The van der Waals surface area contributed by atoms with Crippen LogP contribution in [-0.2, 0) is 0 Å². The van der Waals surface area contributed by atoms with Gasteiger partial charge >= 0.3 is 0 Å². The van der Waals surface area contributed by atoms with Crippen molar-refractivity contribution in [3.63, 3.8) is 0 Å². The molecule has 0 saturated carbocycles. The van der Waals surface area contributed by atoms with Gasteiger partial charge in [-0.1, -0.05) is 62.3 Å². The lowest BCUT2D eigenvalue weighted by atomic mass is 9.77. The average Bonchev–Trinajstić information content (AvgIpc) is 2.81. The summed E-state index contributed by atoms with van der Waals surface area (Å²) < 4.78 is 0. The van der Waals surface area contributed by atoms with E-state index in [1.807, 2.05) is 49.5 Å². The number of aliphatic hydroxyl groups is 1. The van der Waals surface area contributed by atoms with Crippen molar-refractivity contribution in [3.8, 4) is 0 Å². The smallest absolute Gasteiger partial charge is 0.0960 e. The van der Waals surface area contributed by atoms with Gasteiger partial charge < -0.3 is 10.4 Å². The molecule has 0 aliphatic heterocycles. The van der Waals surface area contributed by atoms with Gasteiger partial charge in [0.05, 0.1) is 11.2 Å². The lowest BCUT2D eigenvalue weighted by Crippen LogP contribution is -2.33. The van der Waals surface area contributed by atoms with Crippen molar-refractivity contribution < 1.29 is 5.11 Å². The topological polar surface area (TPSA) is 32.3 Å². The van der Waals surface area contributed by atoms with Gasteiger partial charge in [-0.05, 0) is 38.5 Å². The Balaban J connectivity index is 2.80. The Morgan fingerprint density at radius 1 is 1.39 bits per heavy atom. The normalized spacial score (nSPS) is 17.8. The predicted molar refractivity (Wildman–Crippen MR) is 100 cm³/mol. The molecule has 0 amide bonds. The van der Waals surface area contributed by atoms with Crippen LogP contribution in [0.2, 0.25) is 0 Å². The quantitative estimate of drug-likeness (QED) is 0.359. The fraction of sp³-hybridized carbons (Fsp3) is 0.286. The Morgan fingerprint density at radius 2 is 2.13 bits per heavy atom. The molecule has 0 aromatic rings. The van der Waals surface area contributed by atoms with E-state index in [0.717, 1.165) is 17.7 Å². The zero-order valence-corrected chi connectivity index (χ0v) is 14.2. The molecule has 1 rings (SSSR count). The Morgan fingerprint density at radius 3 is 2.74 bits per heavy atom. The van der Waals surface area contributed by atoms with E-state index in [1.54, 1.807) is 6.08 Å². The van der Waals surface area contributed by atoms with Crippen molar-refractivity contribution in [2.24, 2.45) is 5.41 Å². The summed E-state index contributed by atoms with van der Waals surface area (Å²) in [5.74, 6) is 0.153. The molecule has 0 saturated heterocycles. The predicted octanol–water partition coefficient (Wildman–Crippen LogP) is 4.94. The van der Waals surface area contributed by atoms with Crippen LogP contribution in [0.5, 0.6) is 0 Å². The van der Waals surface area contributed by atoms with Crippen LogP contribution in [-0.4, -0.2) is 17.7 Å². The average molecular weight is 309 g/mol. The van der Waals surface area contributed by atoms with Crippen molar-refractivity contribution in [1.29, 1.82) is 0 Å². The highest BCUT2D eigenvalue weighted by atomic mass is 16.3. The van der Waals surface area contributed by atoms with Gasteiger partial charge in [0.25, 0.3) is 0 Å². The van der Waals surface area contributed by atoms with Gasteiger partial charge in [0.2, 0.25) is 0 Å². The van der Waals surface area contributed by atoms with Crippen LogP contribution >= 0.6 is 0 Å². The minimum absolute atomic E-state index is 0.153. The van der Waals surface area contributed by atoms with Crippen LogP contribution in [0.25, 0.3) is 0 Å². The van der Waals surface area contributed by atoms with Gasteiger partial charge in [0.15, 0.2) is 0 Å². The molecular formula is C21H27NO. The first-order chi connectivity index (χ1) is 11.0. The molecule has 0 heterocycles. The number of aliphatic hydroxyl groups excluding tert-OH is 1. The molecular weight excluding hydrogens is 282 g/mol. The van der Waals surface area contributed by atoms with E-state index in [-0.39, 0.29) is 11.8 Å². The van der Waals surface area contributed by atoms with Crippen LogP contribution in [0.4, 0.5) is 0 Å². The van der Waals surface area contributed by atoms with Crippen LogP contribution in [0, 0.1) is 5.41 Å². The standard InChI is InChI=1S/C21H27NO/c1-6-12-19(7-2)17(3)22-16-15-21(5,18(4)23)20-13-10-8-9-11-14-20/h6-13,17,22-23H,1-2,4,15-16H2,3,5H3/b19-12+/t17-,21?/m0/s1. The van der Waals surface area contributed by atoms with Gasteiger partial charge in [-0.15, -0.1) is 5.73 Å². The number of nitrogens with one attached hydrogen (secondary N) is 1. The van der Waals surface area contributed by atoms with Gasteiger partial charge in [0.1, 0.15) is 0 Å². The maximum atomic E-state index is 10.1. The van der Waals surface area contributed by atoms with Gasteiger partial charge in [-0.3, -0.25) is 0 Å². The summed E-state index contributed by atoms with van der Waals surface area (Å²) in [5, 5.41) is 13.6. The third-order valence-electron chi connectivity index (χ3n) is 4.17. The third kappa shape index (κ3) is 5.14. The Labute approximate surface area is 140 Å². The molecule has 0 aromatic heterocycles. The molecule has 2 nitrogen and oxygen atoms in total. The molecule has 0 fully saturated rings. The first-order valence-electron chi connectivity index (χ1n) is 7.83. The van der Waals surface area contributed by atoms with Crippen LogP contribution < -0.4 is 5.32 Å². The van der Waals surface area contributed by atoms with E-state index in [9.17, 15) is 5.11 Å². The molecule has 0 radical (unpaired) electrons. The summed E-state index contributed by atoms with van der Waals surface area (Å²) >= 11 is 0. The van der Waals surface area contributed by atoms with Crippen molar-refractivity contribution in [2.75, 3.05) is 6.54 Å². The molecule has 2 heteroatoms. The minimum Gasteiger partial charge on any atom is -0.512 e. The summed E-state index contributed by atoms with van der Waals surface area (Å²) in [7, 11) is 0. The zero-order valence-electron chi connectivity index (χ0n) is 14.2. The zero-order chi connectivity index (χ0) is 17.3. The maximum absolute atomic E-state index is 10.1. The van der Waals surface area contributed by atoms with E-state index in [1.165, 1.54) is 0 Å². The van der Waals surface area contributed by atoms with Crippen molar-refractivity contribution in [1.82, 2.24) is 5.32 Å². The fourth-order valence-corrected chi connectivity index (χ4v) is 2.42. The van der Waals surface area contributed by atoms with Gasteiger partial charge in [-0.2, -0.15) is 0 Å². The minimum atomic E-state index is -0.539. The maximum Gasteiger partial charge on any atom is 0.0960 e. The molecule has 1 aliphatic carbocycles. The molecule has 0 spiro atoms. The van der Waals surface area contributed by atoms with E-state index >= 15 is 0 Å². The first kappa shape index (κ1) is 18.8. The van der Waals surface area contributed by atoms with Gasteiger partial charge in [0, 0.05) is 11.6 Å². The van der Waals surface area contributed by atoms with E-state index in [0.29, 0.717) is 6.42 Å². The first-order valence-corrected chi connectivity index (χ1v) is 7.83. The summed E-state index contributed by atoms with van der Waals surface area (Å²) in [5.41, 5.74) is 4.70. The molecule has 0 bridgehead atoms. The molecule has 23 heavy (non-hydrogen) atoms. The highest BCUT2D eigenvalue weighted by Gasteiger charge is 2.31. The molecule has 122 valence electrons. The van der Waals surface area contributed by atoms with E-state index in [4.69, 9.17) is 0 Å². The fourth-order valence-electron chi connectivity index (χ4n) is 2.42. The number of rotatable bonds is 9. The monoisotopic (exact) mass is 309 g/mol. The summed E-state index contributed by atoms with van der Waals surface area (Å²) in [6.45, 7) is 16.1. The molecule has 2 N–H and O–H groups in total. The third-order valence-corrected chi connectivity index (χ3v) is 4.17. The Hall–Kier alpha value is -2.28. The Kier molecular flexibility index (Phi) is 7.34. The number of hydrogen-bond donors (Lipinski definition) is 2. The summed E-state index contributed by atoms with van der Waals surface area (Å²) in [4.78, 5) is 0. The summed E-state index contributed by atoms with van der Waals surface area (Å²) in [6, 6.07) is 0.164. The number of hydrogen-bond acceptors (Lipinski definition) is 2. The highest BCUT2D eigenvalue weighted by molar-refractivity contribution is 5.36. The molecule has 0 aromatic carbocycles. The molecule has 1 unspecified atom stereocenters. The Bertz CT molecular complexity index is 612. The number of allylic oxidation sites excluding steroid dienone is 7. The largest absolute Gasteiger partial charge is 0.512 e. The molecule has 2 atom stereocenters. The van der Waals surface area contributed by atoms with Crippen molar-refractivity contribution in [3.05, 3.63) is 91.0 Å². The highest BCUT2D eigenvalue weighted by Crippen LogP contribution is 2.37. The van der Waals surface area contributed by atoms with Crippen LogP contribution in [0.15, 0.2) is 91.0 Å². The lowest BCUT2D eigenvalue weighted by molar-refractivity contribution is 0.263. The SMILES string of the molecule is C=C/C=C(\C=C)[C@H](C)NCCC(C)(C(=C)O)C1=C=CC=CC=C1.